The molecule has 2 aromatic carbocycles. The third-order valence-electron chi connectivity index (χ3n) is 3.36. The largest absolute Gasteiger partial charge is 0.505 e. The monoisotopic (exact) mass is 272 g/mol. The molecule has 3 rings (SSSR count). The Labute approximate surface area is 115 Å². The summed E-state index contributed by atoms with van der Waals surface area (Å²) in [6, 6.07) is 11.4. The third-order valence-corrected chi connectivity index (χ3v) is 3.36. The number of anilines is 2. The molecule has 1 heterocycles. The van der Waals surface area contributed by atoms with Crippen molar-refractivity contribution in [1.82, 2.24) is 0 Å². The van der Waals surface area contributed by atoms with E-state index >= 15 is 0 Å². The van der Waals surface area contributed by atoms with Crippen LogP contribution in [0.2, 0.25) is 0 Å². The van der Waals surface area contributed by atoms with Crippen molar-refractivity contribution < 1.29 is 14.3 Å². The maximum atomic E-state index is 13.2. The van der Waals surface area contributed by atoms with Crippen LogP contribution in [0, 0.1) is 5.82 Å². The highest BCUT2D eigenvalue weighted by Gasteiger charge is 2.28. The van der Waals surface area contributed by atoms with Gasteiger partial charge in [-0.25, -0.2) is 4.39 Å². The van der Waals surface area contributed by atoms with E-state index in [4.69, 9.17) is 5.11 Å². The van der Waals surface area contributed by atoms with Crippen LogP contribution in [0.3, 0.4) is 0 Å². The summed E-state index contributed by atoms with van der Waals surface area (Å²) >= 11 is 0. The summed E-state index contributed by atoms with van der Waals surface area (Å²) in [5.74, 6) is -1.70. The van der Waals surface area contributed by atoms with E-state index < -0.39 is 11.6 Å². The summed E-state index contributed by atoms with van der Waals surface area (Å²) in [6.45, 7) is 0.520. The topological polar surface area (TPSA) is 61.4 Å². The summed E-state index contributed by atoms with van der Waals surface area (Å²) in [6.07, 6.45) is 0. The lowest BCUT2D eigenvalue weighted by molar-refractivity contribution is -0.117. The lowest BCUT2D eigenvalue weighted by Crippen LogP contribution is -2.22. The maximum absolute atomic E-state index is 13.2. The van der Waals surface area contributed by atoms with Gasteiger partial charge < -0.3 is 15.7 Å². The predicted octanol–water partition coefficient (Wildman–Crippen LogP) is 2.68. The van der Waals surface area contributed by atoms with E-state index in [9.17, 15) is 9.18 Å². The zero-order valence-corrected chi connectivity index (χ0v) is 10.6. The Morgan fingerprint density at radius 3 is 2.90 bits per heavy atom. The number of aromatic hydroxyl groups is 1. The van der Waals surface area contributed by atoms with E-state index in [2.05, 4.69) is 10.6 Å². The number of fused-ring (bicyclic) bond motifs is 1. The van der Waals surface area contributed by atoms with Gasteiger partial charge in [0.25, 0.3) is 0 Å². The molecule has 1 unspecified atom stereocenters. The first-order valence-corrected chi connectivity index (χ1v) is 6.27. The number of hydrogen-bond donors (Lipinski definition) is 3. The second-order valence-corrected chi connectivity index (χ2v) is 4.68. The minimum atomic E-state index is -0.757. The minimum absolute atomic E-state index is 0.201. The van der Waals surface area contributed by atoms with Crippen molar-refractivity contribution in [2.75, 3.05) is 17.2 Å². The number of hydrogen-bond acceptors (Lipinski definition) is 3. The summed E-state index contributed by atoms with van der Waals surface area (Å²) in [7, 11) is 0. The summed E-state index contributed by atoms with van der Waals surface area (Å²) < 4.78 is 13.2. The molecule has 1 aliphatic rings. The summed E-state index contributed by atoms with van der Waals surface area (Å²) in [5, 5.41) is 14.9. The van der Waals surface area contributed by atoms with Crippen molar-refractivity contribution in [1.29, 1.82) is 0 Å². The molecular formula is C15H13FN2O2. The first kappa shape index (κ1) is 12.5. The van der Waals surface area contributed by atoms with Gasteiger partial charge in [-0.15, -0.1) is 0 Å². The number of rotatable bonds is 2. The van der Waals surface area contributed by atoms with Crippen LogP contribution in [-0.4, -0.2) is 17.6 Å². The molecule has 0 saturated carbocycles. The van der Waals surface area contributed by atoms with Crippen molar-refractivity contribution in [3.05, 3.63) is 53.8 Å². The van der Waals surface area contributed by atoms with Crippen LogP contribution in [0.5, 0.6) is 5.75 Å². The van der Waals surface area contributed by atoms with Gasteiger partial charge in [0.1, 0.15) is 0 Å². The number of phenolic OH excluding ortho intramolecular Hbond substituents is 1. The van der Waals surface area contributed by atoms with Crippen LogP contribution in [0.1, 0.15) is 11.5 Å². The summed E-state index contributed by atoms with van der Waals surface area (Å²) in [5.41, 5.74) is 2.21. The molecule has 0 fully saturated rings. The van der Waals surface area contributed by atoms with Gasteiger partial charge in [-0.05, 0) is 23.8 Å². The van der Waals surface area contributed by atoms with Gasteiger partial charge in [0.05, 0.1) is 5.92 Å². The van der Waals surface area contributed by atoms with Gasteiger partial charge in [-0.3, -0.25) is 4.79 Å². The lowest BCUT2D eigenvalue weighted by atomic mass is 10.0. The van der Waals surface area contributed by atoms with Gasteiger partial charge in [0.2, 0.25) is 5.91 Å². The van der Waals surface area contributed by atoms with E-state index in [1.807, 2.05) is 24.3 Å². The highest BCUT2D eigenvalue weighted by Crippen LogP contribution is 2.32. The van der Waals surface area contributed by atoms with Crippen molar-refractivity contribution in [3.8, 4) is 5.75 Å². The summed E-state index contributed by atoms with van der Waals surface area (Å²) in [4.78, 5) is 12.2. The Hall–Kier alpha value is -2.56. The fourth-order valence-corrected chi connectivity index (χ4v) is 2.33. The van der Waals surface area contributed by atoms with Gasteiger partial charge >= 0.3 is 0 Å². The molecule has 0 saturated heterocycles. The number of amides is 1. The second kappa shape index (κ2) is 4.85. The minimum Gasteiger partial charge on any atom is -0.505 e. The predicted molar refractivity (Wildman–Crippen MR) is 74.4 cm³/mol. The van der Waals surface area contributed by atoms with E-state index in [-0.39, 0.29) is 11.8 Å². The van der Waals surface area contributed by atoms with Crippen LogP contribution in [0.15, 0.2) is 42.5 Å². The third kappa shape index (κ3) is 2.18. The van der Waals surface area contributed by atoms with Crippen molar-refractivity contribution >= 4 is 17.3 Å². The van der Waals surface area contributed by atoms with Gasteiger partial charge in [0.15, 0.2) is 11.6 Å². The lowest BCUT2D eigenvalue weighted by Gasteiger charge is -2.11. The number of halogens is 1. The number of carbonyl (C=O) groups is 1. The molecule has 1 amide bonds. The zero-order valence-electron chi connectivity index (χ0n) is 10.6. The highest BCUT2D eigenvalue weighted by atomic mass is 19.1. The fourth-order valence-electron chi connectivity index (χ4n) is 2.33. The molecule has 0 bridgehead atoms. The van der Waals surface area contributed by atoms with Gasteiger partial charge in [-0.1, -0.05) is 18.2 Å². The first-order valence-electron chi connectivity index (χ1n) is 6.27. The Balaban J connectivity index is 1.79. The van der Waals surface area contributed by atoms with Crippen LogP contribution in [0.25, 0.3) is 0 Å². The van der Waals surface area contributed by atoms with Crippen LogP contribution >= 0.6 is 0 Å². The van der Waals surface area contributed by atoms with Crippen LogP contribution in [-0.2, 0) is 4.79 Å². The molecule has 3 N–H and O–H groups in total. The van der Waals surface area contributed by atoms with E-state index in [0.717, 1.165) is 17.3 Å². The van der Waals surface area contributed by atoms with Crippen LogP contribution < -0.4 is 10.6 Å². The number of para-hydroxylation sites is 1. The Kier molecular flexibility index (Phi) is 3.02. The molecule has 1 atom stereocenters. The molecule has 102 valence electrons. The smallest absolute Gasteiger partial charge is 0.233 e. The first-order chi connectivity index (χ1) is 9.65. The average molecular weight is 272 g/mol. The maximum Gasteiger partial charge on any atom is 0.233 e. The molecule has 1 aliphatic heterocycles. The van der Waals surface area contributed by atoms with E-state index in [0.29, 0.717) is 12.2 Å². The fraction of sp³-hybridized carbons (Fsp3) is 0.133. The second-order valence-electron chi connectivity index (χ2n) is 4.68. The van der Waals surface area contributed by atoms with Crippen molar-refractivity contribution in [3.63, 3.8) is 0 Å². The molecule has 0 aromatic heterocycles. The molecule has 4 nitrogen and oxygen atoms in total. The highest BCUT2D eigenvalue weighted by molar-refractivity contribution is 5.98. The SMILES string of the molecule is O=C(Nc1ccc(O)c(F)c1)C1CNc2ccccc21. The normalized spacial score (nSPS) is 16.4. The number of carbonyl (C=O) groups excluding carboxylic acids is 1. The zero-order chi connectivity index (χ0) is 14.1. The molecule has 2 aromatic rings. The molecular weight excluding hydrogens is 259 g/mol. The molecule has 20 heavy (non-hydrogen) atoms. The number of nitrogens with one attached hydrogen (secondary N) is 2. The number of benzene rings is 2. The standard InChI is InChI=1S/C15H13FN2O2/c16-12-7-9(5-6-14(12)19)18-15(20)11-8-17-13-4-2-1-3-10(11)13/h1-7,11,17,19H,8H2,(H,18,20). The van der Waals surface area contributed by atoms with E-state index in [1.54, 1.807) is 0 Å². The average Bonchev–Trinajstić information content (AvgIpc) is 2.87. The molecule has 0 radical (unpaired) electrons. The Morgan fingerprint density at radius 1 is 1.30 bits per heavy atom. The Bertz CT molecular complexity index is 673. The van der Waals surface area contributed by atoms with Crippen molar-refractivity contribution in [2.24, 2.45) is 0 Å². The van der Waals surface area contributed by atoms with Crippen molar-refractivity contribution in [2.45, 2.75) is 5.92 Å². The molecule has 5 heteroatoms. The van der Waals surface area contributed by atoms with Crippen LogP contribution in [0.4, 0.5) is 15.8 Å². The quantitative estimate of drug-likeness (QED) is 0.737. The molecule has 0 spiro atoms. The van der Waals surface area contributed by atoms with E-state index in [1.165, 1.54) is 12.1 Å². The molecule has 0 aliphatic carbocycles. The Morgan fingerprint density at radius 2 is 2.10 bits per heavy atom. The number of phenols is 1. The van der Waals surface area contributed by atoms with Gasteiger partial charge in [0, 0.05) is 24.0 Å². The van der Waals surface area contributed by atoms with Gasteiger partial charge in [-0.2, -0.15) is 0 Å².